The zero-order valence-corrected chi connectivity index (χ0v) is 24.7. The Morgan fingerprint density at radius 3 is 2.20 bits per heavy atom. The number of anilines is 1. The smallest absolute Gasteiger partial charge is 0.244 e. The van der Waals surface area contributed by atoms with Crippen molar-refractivity contribution in [2.45, 2.75) is 39.8 Å². The molecule has 10 heteroatoms. The van der Waals surface area contributed by atoms with Crippen molar-refractivity contribution in [3.05, 3.63) is 100 Å². The molecule has 0 aromatic heterocycles. The monoisotopic (exact) mass is 587 g/mol. The molecule has 214 valence electrons. The number of hydrogen-bond donors (Lipinski definition) is 1. The van der Waals surface area contributed by atoms with Gasteiger partial charge in [-0.15, -0.1) is 0 Å². The maximum absolute atomic E-state index is 14.0. The molecule has 40 heavy (non-hydrogen) atoms. The summed E-state index contributed by atoms with van der Waals surface area (Å²) < 4.78 is 40.5. The van der Waals surface area contributed by atoms with Gasteiger partial charge in [0.15, 0.2) is 0 Å². The first kappa shape index (κ1) is 31.1. The molecule has 0 heterocycles. The minimum Gasteiger partial charge on any atom is -0.354 e. The van der Waals surface area contributed by atoms with Gasteiger partial charge in [-0.05, 0) is 53.8 Å². The van der Waals surface area contributed by atoms with Crippen LogP contribution in [0.5, 0.6) is 0 Å². The van der Waals surface area contributed by atoms with Crippen LogP contribution in [0.4, 0.5) is 10.1 Å². The van der Waals surface area contributed by atoms with Gasteiger partial charge in [0.25, 0.3) is 0 Å². The molecule has 3 aromatic carbocycles. The van der Waals surface area contributed by atoms with E-state index in [1.54, 1.807) is 25.1 Å². The van der Waals surface area contributed by atoms with Crippen molar-refractivity contribution >= 4 is 39.1 Å². The molecule has 0 aliphatic heterocycles. The quantitative estimate of drug-likeness (QED) is 0.324. The number of nitrogens with one attached hydrogen (secondary N) is 1. The molecular formula is C30H35ClFN3O4S. The second-order valence-corrected chi connectivity index (χ2v) is 12.5. The van der Waals surface area contributed by atoms with Crippen LogP contribution >= 0.6 is 11.6 Å². The number of nitrogens with zero attached hydrogens (tertiary/aromatic N) is 2. The molecule has 0 saturated carbocycles. The van der Waals surface area contributed by atoms with E-state index in [1.165, 1.54) is 29.2 Å². The van der Waals surface area contributed by atoms with Gasteiger partial charge in [-0.1, -0.05) is 74.0 Å². The summed E-state index contributed by atoms with van der Waals surface area (Å²) in [6, 6.07) is 18.8. The highest BCUT2D eigenvalue weighted by Crippen LogP contribution is 2.28. The van der Waals surface area contributed by atoms with Crippen molar-refractivity contribution in [3.8, 4) is 0 Å². The van der Waals surface area contributed by atoms with Gasteiger partial charge in [0, 0.05) is 24.5 Å². The van der Waals surface area contributed by atoms with Crippen LogP contribution < -0.4 is 9.62 Å². The molecule has 0 aliphatic carbocycles. The molecule has 0 fully saturated rings. The van der Waals surface area contributed by atoms with Gasteiger partial charge in [0.05, 0.1) is 11.9 Å². The van der Waals surface area contributed by atoms with Crippen LogP contribution in [0, 0.1) is 18.7 Å². The summed E-state index contributed by atoms with van der Waals surface area (Å²) in [4.78, 5) is 29.0. The third-order valence-electron chi connectivity index (χ3n) is 6.41. The highest BCUT2D eigenvalue weighted by Gasteiger charge is 2.33. The highest BCUT2D eigenvalue weighted by atomic mass is 35.5. The van der Waals surface area contributed by atoms with E-state index >= 15 is 0 Å². The fourth-order valence-electron chi connectivity index (χ4n) is 4.22. The topological polar surface area (TPSA) is 86.8 Å². The average molecular weight is 588 g/mol. The number of carbonyl (C=O) groups is 2. The van der Waals surface area contributed by atoms with E-state index in [0.29, 0.717) is 22.7 Å². The standard InChI is InChI=1S/C30H35ClFN3O4S/c1-21(2)18-33-30(37)28(17-23-9-6-5-7-10-23)34(19-24-13-15-25(32)16-14-24)29(36)20-35(40(4,38)39)27-12-8-11-26(31)22(27)3/h5-16,21,28H,17-20H2,1-4H3,(H,33,37)/t28-/m1/s1. The molecule has 1 N–H and O–H groups in total. The lowest BCUT2D eigenvalue weighted by Gasteiger charge is -2.34. The first-order valence-electron chi connectivity index (χ1n) is 12.9. The average Bonchev–Trinajstić information content (AvgIpc) is 2.90. The molecule has 3 rings (SSSR count). The summed E-state index contributed by atoms with van der Waals surface area (Å²) in [6.45, 7) is 5.42. The fraction of sp³-hybridized carbons (Fsp3) is 0.333. The molecule has 0 aliphatic rings. The Kier molecular flexibility index (Phi) is 10.7. The van der Waals surface area contributed by atoms with E-state index in [-0.39, 0.29) is 30.5 Å². The van der Waals surface area contributed by atoms with Gasteiger partial charge in [-0.25, -0.2) is 12.8 Å². The normalized spacial score (nSPS) is 12.2. The molecule has 3 aromatic rings. The summed E-state index contributed by atoms with van der Waals surface area (Å²) in [5.41, 5.74) is 2.20. The Morgan fingerprint density at radius 1 is 0.950 bits per heavy atom. The zero-order chi connectivity index (χ0) is 29.4. The minimum atomic E-state index is -3.91. The van der Waals surface area contributed by atoms with Gasteiger partial charge >= 0.3 is 0 Å². The first-order chi connectivity index (χ1) is 18.9. The molecule has 1 atom stereocenters. The van der Waals surface area contributed by atoms with Crippen molar-refractivity contribution in [2.75, 3.05) is 23.7 Å². The molecule has 0 bridgehead atoms. The maximum Gasteiger partial charge on any atom is 0.244 e. The number of benzene rings is 3. The maximum atomic E-state index is 14.0. The first-order valence-corrected chi connectivity index (χ1v) is 15.2. The SMILES string of the molecule is Cc1c(Cl)cccc1N(CC(=O)N(Cc1ccc(F)cc1)[C@H](Cc1ccccc1)C(=O)NCC(C)C)S(C)(=O)=O. The van der Waals surface area contributed by atoms with Crippen LogP contribution in [0.2, 0.25) is 5.02 Å². The third-order valence-corrected chi connectivity index (χ3v) is 7.94. The summed E-state index contributed by atoms with van der Waals surface area (Å²) in [7, 11) is -3.91. The minimum absolute atomic E-state index is 0.0299. The predicted molar refractivity (Wildman–Crippen MR) is 157 cm³/mol. The summed E-state index contributed by atoms with van der Waals surface area (Å²) in [5, 5.41) is 3.28. The van der Waals surface area contributed by atoms with Crippen molar-refractivity contribution in [2.24, 2.45) is 5.92 Å². The lowest BCUT2D eigenvalue weighted by molar-refractivity contribution is -0.140. The number of halogens is 2. The zero-order valence-electron chi connectivity index (χ0n) is 23.1. The summed E-state index contributed by atoms with van der Waals surface area (Å²) in [6.07, 6.45) is 1.22. The molecule has 0 unspecified atom stereocenters. The fourth-order valence-corrected chi connectivity index (χ4v) is 5.29. The predicted octanol–water partition coefficient (Wildman–Crippen LogP) is 4.97. The number of carbonyl (C=O) groups excluding carboxylic acids is 2. The van der Waals surface area contributed by atoms with E-state index in [4.69, 9.17) is 11.6 Å². The molecule has 7 nitrogen and oxygen atoms in total. The van der Waals surface area contributed by atoms with Crippen LogP contribution in [0.1, 0.15) is 30.5 Å². The van der Waals surface area contributed by atoms with E-state index in [1.807, 2.05) is 44.2 Å². The molecular weight excluding hydrogens is 553 g/mol. The number of amides is 2. The second kappa shape index (κ2) is 13.8. The van der Waals surface area contributed by atoms with Gasteiger partial charge in [0.1, 0.15) is 18.4 Å². The Hall–Kier alpha value is -3.43. The van der Waals surface area contributed by atoms with Crippen molar-refractivity contribution in [1.82, 2.24) is 10.2 Å². The second-order valence-electron chi connectivity index (χ2n) is 10.1. The molecule has 2 amide bonds. The van der Waals surface area contributed by atoms with Crippen LogP contribution in [-0.4, -0.2) is 50.5 Å². The number of rotatable bonds is 12. The van der Waals surface area contributed by atoms with Gasteiger partial charge in [-0.3, -0.25) is 13.9 Å². The summed E-state index contributed by atoms with van der Waals surface area (Å²) >= 11 is 6.27. The highest BCUT2D eigenvalue weighted by molar-refractivity contribution is 7.92. The van der Waals surface area contributed by atoms with Crippen LogP contribution in [-0.2, 0) is 32.6 Å². The number of hydrogen-bond acceptors (Lipinski definition) is 4. The Labute approximate surface area is 241 Å². The van der Waals surface area contributed by atoms with Gasteiger partial charge in [0.2, 0.25) is 21.8 Å². The third kappa shape index (κ3) is 8.53. The van der Waals surface area contributed by atoms with Crippen molar-refractivity contribution < 1.29 is 22.4 Å². The van der Waals surface area contributed by atoms with E-state index in [2.05, 4.69) is 5.32 Å². The lowest BCUT2D eigenvalue weighted by atomic mass is 10.0. The molecule has 0 saturated heterocycles. The number of sulfonamides is 1. The van der Waals surface area contributed by atoms with Gasteiger partial charge in [-0.2, -0.15) is 0 Å². The Balaban J connectivity index is 2.07. The Bertz CT molecular complexity index is 1420. The van der Waals surface area contributed by atoms with Crippen molar-refractivity contribution in [3.63, 3.8) is 0 Å². The van der Waals surface area contributed by atoms with Crippen LogP contribution in [0.3, 0.4) is 0 Å². The largest absolute Gasteiger partial charge is 0.354 e. The van der Waals surface area contributed by atoms with Gasteiger partial charge < -0.3 is 10.2 Å². The Morgan fingerprint density at radius 2 is 1.60 bits per heavy atom. The van der Waals surface area contributed by atoms with Crippen LogP contribution in [0.15, 0.2) is 72.8 Å². The van der Waals surface area contributed by atoms with E-state index in [0.717, 1.165) is 16.1 Å². The van der Waals surface area contributed by atoms with Crippen LogP contribution in [0.25, 0.3) is 0 Å². The lowest BCUT2D eigenvalue weighted by Crippen LogP contribution is -2.53. The van der Waals surface area contributed by atoms with E-state index < -0.39 is 34.3 Å². The summed E-state index contributed by atoms with van der Waals surface area (Å²) in [5.74, 6) is -1.21. The molecule has 0 radical (unpaired) electrons. The molecule has 0 spiro atoms. The van der Waals surface area contributed by atoms with E-state index in [9.17, 15) is 22.4 Å². The van der Waals surface area contributed by atoms with Crippen molar-refractivity contribution in [1.29, 1.82) is 0 Å².